The van der Waals surface area contributed by atoms with Gasteiger partial charge in [-0.3, -0.25) is 0 Å². The maximum absolute atomic E-state index is 3.73. The molecule has 0 saturated carbocycles. The molecule has 0 aromatic rings. The third-order valence-electron chi connectivity index (χ3n) is 1.56. The zero-order chi connectivity index (χ0) is 8.36. The maximum Gasteiger partial charge on any atom is -0.0351 e. The highest BCUT2D eigenvalue weighted by atomic mass is 13.9. The quantitative estimate of drug-likeness (QED) is 0.399. The Bertz CT molecular complexity index is 109. The van der Waals surface area contributed by atoms with Gasteiger partial charge in [0, 0.05) is 0 Å². The molecular formula is C11H19. The lowest BCUT2D eigenvalue weighted by atomic mass is 10.2. The van der Waals surface area contributed by atoms with Crippen LogP contribution in [0.25, 0.3) is 0 Å². The van der Waals surface area contributed by atoms with Gasteiger partial charge in [0.25, 0.3) is 0 Å². The Morgan fingerprint density at radius 3 is 2.18 bits per heavy atom. The Labute approximate surface area is 71.0 Å². The molecule has 0 bridgehead atoms. The molecule has 0 N–H and O–H groups in total. The number of rotatable bonds is 6. The Hall–Kier alpha value is -0.520. The molecule has 0 nitrogen and oxygen atoms in total. The molecule has 0 unspecified atom stereocenters. The van der Waals surface area contributed by atoms with Crippen LogP contribution in [0.15, 0.2) is 24.3 Å². The van der Waals surface area contributed by atoms with E-state index in [1.807, 2.05) is 0 Å². The standard InChI is InChI=1S/C11H19/c1-3-5-7-9-11-10-8-6-4-2/h4-7H,1,3,8-11H2,2H3. The van der Waals surface area contributed by atoms with Gasteiger partial charge < -0.3 is 0 Å². The number of allylic oxidation sites excluding steroid dienone is 4. The van der Waals surface area contributed by atoms with Crippen molar-refractivity contribution < 1.29 is 0 Å². The molecule has 0 heteroatoms. The van der Waals surface area contributed by atoms with Crippen molar-refractivity contribution in [3.8, 4) is 0 Å². The first-order valence-corrected chi connectivity index (χ1v) is 4.47. The minimum absolute atomic E-state index is 0.925. The van der Waals surface area contributed by atoms with Crippen LogP contribution in [0.5, 0.6) is 0 Å². The Kier molecular flexibility index (Phi) is 9.03. The first-order valence-electron chi connectivity index (χ1n) is 4.47. The molecule has 0 heterocycles. The lowest BCUT2D eigenvalue weighted by Gasteiger charge is -1.91. The smallest absolute Gasteiger partial charge is 0.0351 e. The molecule has 0 amide bonds. The van der Waals surface area contributed by atoms with Crippen molar-refractivity contribution in [1.82, 2.24) is 0 Å². The normalized spacial score (nSPS) is 11.8. The van der Waals surface area contributed by atoms with Crippen LogP contribution in [0.3, 0.4) is 0 Å². The fourth-order valence-corrected chi connectivity index (χ4v) is 0.927. The van der Waals surface area contributed by atoms with E-state index in [2.05, 4.69) is 38.2 Å². The van der Waals surface area contributed by atoms with E-state index in [0.717, 1.165) is 6.42 Å². The first kappa shape index (κ1) is 10.5. The third-order valence-corrected chi connectivity index (χ3v) is 1.56. The molecule has 0 saturated heterocycles. The lowest BCUT2D eigenvalue weighted by Crippen LogP contribution is -1.71. The highest BCUT2D eigenvalue weighted by Gasteiger charge is 1.81. The highest BCUT2D eigenvalue weighted by Crippen LogP contribution is 2.01. The monoisotopic (exact) mass is 151 g/mol. The van der Waals surface area contributed by atoms with E-state index >= 15 is 0 Å². The second-order valence-corrected chi connectivity index (χ2v) is 2.61. The second-order valence-electron chi connectivity index (χ2n) is 2.61. The molecule has 1 radical (unpaired) electrons. The van der Waals surface area contributed by atoms with Gasteiger partial charge in [-0.15, -0.1) is 0 Å². The van der Waals surface area contributed by atoms with E-state index in [9.17, 15) is 0 Å². The van der Waals surface area contributed by atoms with E-state index in [0.29, 0.717) is 0 Å². The maximum atomic E-state index is 3.73. The van der Waals surface area contributed by atoms with Gasteiger partial charge in [0.05, 0.1) is 0 Å². The average Bonchev–Trinajstić information content (AvgIpc) is 2.03. The summed E-state index contributed by atoms with van der Waals surface area (Å²) in [7, 11) is 0. The molecular weight excluding hydrogens is 132 g/mol. The third kappa shape index (κ3) is 9.48. The summed E-state index contributed by atoms with van der Waals surface area (Å²) in [6.07, 6.45) is 14.7. The molecule has 0 aliphatic heterocycles. The summed E-state index contributed by atoms with van der Waals surface area (Å²) in [6.45, 7) is 5.81. The van der Waals surface area contributed by atoms with Gasteiger partial charge in [-0.2, -0.15) is 0 Å². The minimum Gasteiger partial charge on any atom is -0.0917 e. The van der Waals surface area contributed by atoms with Gasteiger partial charge in [-0.25, -0.2) is 0 Å². The zero-order valence-electron chi connectivity index (χ0n) is 7.55. The molecule has 0 atom stereocenters. The summed E-state index contributed by atoms with van der Waals surface area (Å²) >= 11 is 0. The predicted octanol–water partition coefficient (Wildman–Crippen LogP) is 3.90. The van der Waals surface area contributed by atoms with Crippen LogP contribution in [0.1, 0.15) is 39.0 Å². The van der Waals surface area contributed by atoms with Crippen LogP contribution < -0.4 is 0 Å². The summed E-state index contributed by atoms with van der Waals surface area (Å²) < 4.78 is 0. The SMILES string of the molecule is [CH2]CC=CCCCCC=CC. The molecule has 63 valence electrons. The Morgan fingerprint density at radius 1 is 1.00 bits per heavy atom. The van der Waals surface area contributed by atoms with Crippen molar-refractivity contribution in [2.45, 2.75) is 39.0 Å². The van der Waals surface area contributed by atoms with E-state index in [1.165, 1.54) is 25.7 Å². The van der Waals surface area contributed by atoms with Gasteiger partial charge in [-0.1, -0.05) is 24.3 Å². The van der Waals surface area contributed by atoms with Crippen molar-refractivity contribution in [2.24, 2.45) is 0 Å². The van der Waals surface area contributed by atoms with Gasteiger partial charge >= 0.3 is 0 Å². The minimum atomic E-state index is 0.925. The van der Waals surface area contributed by atoms with Gasteiger partial charge in [-0.05, 0) is 46.0 Å². The average molecular weight is 151 g/mol. The van der Waals surface area contributed by atoms with E-state index in [1.54, 1.807) is 0 Å². The molecule has 0 fully saturated rings. The molecule has 0 aliphatic rings. The van der Waals surface area contributed by atoms with E-state index in [4.69, 9.17) is 0 Å². The molecule has 11 heavy (non-hydrogen) atoms. The van der Waals surface area contributed by atoms with Gasteiger partial charge in [0.2, 0.25) is 0 Å². The van der Waals surface area contributed by atoms with Crippen LogP contribution >= 0.6 is 0 Å². The van der Waals surface area contributed by atoms with E-state index < -0.39 is 0 Å². The van der Waals surface area contributed by atoms with Crippen LogP contribution in [0.4, 0.5) is 0 Å². The largest absolute Gasteiger partial charge is 0.0917 e. The fourth-order valence-electron chi connectivity index (χ4n) is 0.927. The first-order chi connectivity index (χ1) is 5.41. The lowest BCUT2D eigenvalue weighted by molar-refractivity contribution is 0.761. The predicted molar refractivity (Wildman–Crippen MR) is 52.4 cm³/mol. The number of hydrogen-bond acceptors (Lipinski definition) is 0. The second kappa shape index (κ2) is 9.48. The molecule has 0 spiro atoms. The van der Waals surface area contributed by atoms with Crippen molar-refractivity contribution in [1.29, 1.82) is 0 Å². The van der Waals surface area contributed by atoms with Crippen molar-refractivity contribution in [3.05, 3.63) is 31.2 Å². The summed E-state index contributed by atoms with van der Waals surface area (Å²) in [4.78, 5) is 0. The van der Waals surface area contributed by atoms with Crippen molar-refractivity contribution >= 4 is 0 Å². The van der Waals surface area contributed by atoms with E-state index in [-0.39, 0.29) is 0 Å². The topological polar surface area (TPSA) is 0 Å². The Morgan fingerprint density at radius 2 is 1.64 bits per heavy atom. The summed E-state index contributed by atoms with van der Waals surface area (Å²) in [5.41, 5.74) is 0. The van der Waals surface area contributed by atoms with Gasteiger partial charge in [0.15, 0.2) is 0 Å². The van der Waals surface area contributed by atoms with Crippen LogP contribution in [0.2, 0.25) is 0 Å². The molecule has 0 aromatic heterocycles. The van der Waals surface area contributed by atoms with Crippen molar-refractivity contribution in [2.75, 3.05) is 0 Å². The Balaban J connectivity index is 2.96. The molecule has 0 aromatic carbocycles. The fraction of sp³-hybridized carbons (Fsp3) is 0.545. The van der Waals surface area contributed by atoms with Gasteiger partial charge in [0.1, 0.15) is 0 Å². The van der Waals surface area contributed by atoms with Crippen LogP contribution in [0, 0.1) is 6.92 Å². The highest BCUT2D eigenvalue weighted by molar-refractivity contribution is 4.82. The summed E-state index contributed by atoms with van der Waals surface area (Å²) in [6, 6.07) is 0. The number of unbranched alkanes of at least 4 members (excludes halogenated alkanes) is 3. The summed E-state index contributed by atoms with van der Waals surface area (Å²) in [5.74, 6) is 0. The molecule has 0 aliphatic carbocycles. The number of hydrogen-bond donors (Lipinski definition) is 0. The molecule has 0 rings (SSSR count). The zero-order valence-corrected chi connectivity index (χ0v) is 7.55. The summed E-state index contributed by atoms with van der Waals surface area (Å²) in [5, 5.41) is 0. The van der Waals surface area contributed by atoms with Crippen LogP contribution in [-0.4, -0.2) is 0 Å². The van der Waals surface area contributed by atoms with Crippen molar-refractivity contribution in [3.63, 3.8) is 0 Å². The van der Waals surface area contributed by atoms with Crippen LogP contribution in [-0.2, 0) is 0 Å².